The predicted octanol–water partition coefficient (Wildman–Crippen LogP) is 8.02. The van der Waals surface area contributed by atoms with Gasteiger partial charge in [0.1, 0.15) is 11.2 Å². The molecule has 34 heavy (non-hydrogen) atoms. The number of halogens is 8. The van der Waals surface area contributed by atoms with Crippen molar-refractivity contribution < 1.29 is 31.1 Å². The number of carbonyl (C=O) groups excluding carboxylic acids is 1. The van der Waals surface area contributed by atoms with Crippen molar-refractivity contribution in [1.82, 2.24) is 0 Å². The number of thioether (sulfide) groups is 1. The third-order valence-corrected chi connectivity index (χ3v) is 7.54. The topological polar surface area (TPSA) is 20.3 Å². The Morgan fingerprint density at radius 2 is 1.79 bits per heavy atom. The molecule has 0 saturated carbocycles. The molecule has 1 saturated heterocycles. The summed E-state index contributed by atoms with van der Waals surface area (Å²) in [5.74, 6) is -0.738. The van der Waals surface area contributed by atoms with Gasteiger partial charge in [0, 0.05) is 35.1 Å². The highest BCUT2D eigenvalue weighted by molar-refractivity contribution is 8.00. The molecule has 1 fully saturated rings. The molecule has 2 nitrogen and oxygen atoms in total. The molecule has 0 bridgehead atoms. The Kier molecular flexibility index (Phi) is 8.10. The first-order valence-corrected chi connectivity index (χ1v) is 12.0. The SMILES string of the molecule is Cc1cc(Cl)cc(C2(C(F)(F)F)CCN(c3ccc(SCC(=O)CCC(F)(F)F)c(Cl)c3)C2)c1. The number of aryl methyl sites for hydroxylation is 1. The number of anilines is 1. The van der Waals surface area contributed by atoms with E-state index in [0.717, 1.165) is 11.8 Å². The maximum absolute atomic E-state index is 14.3. The van der Waals surface area contributed by atoms with Crippen LogP contribution in [0, 0.1) is 6.92 Å². The van der Waals surface area contributed by atoms with E-state index in [0.29, 0.717) is 16.1 Å². The van der Waals surface area contributed by atoms with Crippen molar-refractivity contribution in [1.29, 1.82) is 0 Å². The second-order valence-electron chi connectivity index (χ2n) is 8.33. The number of ketones is 1. The maximum Gasteiger partial charge on any atom is 0.400 e. The van der Waals surface area contributed by atoms with Crippen LogP contribution in [0.1, 0.15) is 30.4 Å². The van der Waals surface area contributed by atoms with Gasteiger partial charge in [0.05, 0.1) is 17.2 Å². The molecule has 0 aliphatic carbocycles. The quantitative estimate of drug-likeness (QED) is 0.260. The van der Waals surface area contributed by atoms with E-state index in [-0.39, 0.29) is 40.9 Å². The van der Waals surface area contributed by atoms with Crippen molar-refractivity contribution in [2.75, 3.05) is 23.7 Å². The second kappa shape index (κ2) is 10.2. The zero-order valence-electron chi connectivity index (χ0n) is 18.0. The van der Waals surface area contributed by atoms with E-state index in [9.17, 15) is 31.1 Å². The monoisotopic (exact) mass is 543 g/mol. The summed E-state index contributed by atoms with van der Waals surface area (Å²) in [7, 11) is 0. The van der Waals surface area contributed by atoms with Gasteiger partial charge in [-0.2, -0.15) is 26.3 Å². The zero-order valence-corrected chi connectivity index (χ0v) is 20.3. The standard InChI is InChI=1S/C23H21Cl2F6NOS/c1-14-8-15(10-16(24)9-14)21(23(29,30)31)6-7-32(13-21)17-2-3-20(19(25)11-17)34-12-18(33)4-5-22(26,27)28/h2-3,8-11H,4-7,12-13H2,1H3. The molecule has 1 unspecified atom stereocenters. The molecule has 0 radical (unpaired) electrons. The van der Waals surface area contributed by atoms with E-state index in [4.69, 9.17) is 23.2 Å². The smallest absolute Gasteiger partial charge is 0.370 e. The Labute approximate surface area is 207 Å². The first-order chi connectivity index (χ1) is 15.7. The summed E-state index contributed by atoms with van der Waals surface area (Å²) in [4.78, 5) is 13.8. The molecule has 0 spiro atoms. The molecule has 2 aromatic rings. The Morgan fingerprint density at radius 3 is 2.38 bits per heavy atom. The van der Waals surface area contributed by atoms with Crippen molar-refractivity contribution in [2.24, 2.45) is 0 Å². The van der Waals surface area contributed by atoms with E-state index in [1.165, 1.54) is 18.2 Å². The molecule has 1 aliphatic heterocycles. The highest BCUT2D eigenvalue weighted by Crippen LogP contribution is 2.49. The van der Waals surface area contributed by atoms with E-state index >= 15 is 0 Å². The molecule has 2 aromatic carbocycles. The van der Waals surface area contributed by atoms with Crippen LogP contribution in [0.4, 0.5) is 32.0 Å². The number of rotatable bonds is 7. The molecule has 1 aliphatic rings. The summed E-state index contributed by atoms with van der Waals surface area (Å²) in [6, 6.07) is 9.14. The molecule has 0 N–H and O–H groups in total. The van der Waals surface area contributed by atoms with Crippen molar-refractivity contribution in [3.8, 4) is 0 Å². The molecule has 0 amide bonds. The number of benzene rings is 2. The molecule has 186 valence electrons. The minimum absolute atomic E-state index is 0.114. The summed E-state index contributed by atoms with van der Waals surface area (Å²) in [5, 5.41) is 0.459. The number of nitrogens with zero attached hydrogens (tertiary/aromatic N) is 1. The lowest BCUT2D eigenvalue weighted by molar-refractivity contribution is -0.184. The summed E-state index contributed by atoms with van der Waals surface area (Å²) in [6.07, 6.45) is -10.8. The average Bonchev–Trinajstić information content (AvgIpc) is 3.17. The molecule has 1 heterocycles. The number of alkyl halides is 6. The predicted molar refractivity (Wildman–Crippen MR) is 123 cm³/mol. The van der Waals surface area contributed by atoms with Gasteiger partial charge in [0.15, 0.2) is 0 Å². The Hall–Kier alpha value is -1.58. The van der Waals surface area contributed by atoms with Gasteiger partial charge in [-0.05, 0) is 54.8 Å². The molecule has 3 rings (SSSR count). The average molecular weight is 544 g/mol. The lowest BCUT2D eigenvalue weighted by Gasteiger charge is -2.33. The minimum atomic E-state index is -4.50. The van der Waals surface area contributed by atoms with E-state index in [1.807, 2.05) is 0 Å². The minimum Gasteiger partial charge on any atom is -0.370 e. The van der Waals surface area contributed by atoms with E-state index in [1.54, 1.807) is 30.0 Å². The molecule has 1 atom stereocenters. The third kappa shape index (κ3) is 6.34. The highest BCUT2D eigenvalue weighted by atomic mass is 35.5. The first-order valence-electron chi connectivity index (χ1n) is 10.3. The van der Waals surface area contributed by atoms with Gasteiger partial charge >= 0.3 is 12.4 Å². The lowest BCUT2D eigenvalue weighted by atomic mass is 9.78. The van der Waals surface area contributed by atoms with Crippen LogP contribution in [0.25, 0.3) is 0 Å². The summed E-state index contributed by atoms with van der Waals surface area (Å²) >= 11 is 13.3. The fraction of sp³-hybridized carbons (Fsp3) is 0.435. The van der Waals surface area contributed by atoms with Gasteiger partial charge in [-0.1, -0.05) is 29.3 Å². The Morgan fingerprint density at radius 1 is 1.09 bits per heavy atom. The highest BCUT2D eigenvalue weighted by Gasteiger charge is 2.59. The fourth-order valence-corrected chi connectivity index (χ4v) is 5.44. The molecular formula is C23H21Cl2F6NOS. The van der Waals surface area contributed by atoms with Gasteiger partial charge in [-0.15, -0.1) is 11.8 Å². The van der Waals surface area contributed by atoms with E-state index in [2.05, 4.69) is 0 Å². The maximum atomic E-state index is 14.3. The van der Waals surface area contributed by atoms with Crippen LogP contribution >= 0.6 is 35.0 Å². The van der Waals surface area contributed by atoms with Crippen LogP contribution in [-0.2, 0) is 10.2 Å². The lowest BCUT2D eigenvalue weighted by Crippen LogP contribution is -2.45. The van der Waals surface area contributed by atoms with Crippen molar-refractivity contribution >= 4 is 46.4 Å². The number of carbonyl (C=O) groups is 1. The van der Waals surface area contributed by atoms with Crippen LogP contribution in [-0.4, -0.2) is 37.0 Å². The third-order valence-electron chi connectivity index (χ3n) is 5.76. The Bertz CT molecular complexity index is 1040. The van der Waals surface area contributed by atoms with Crippen LogP contribution < -0.4 is 4.90 Å². The summed E-state index contributed by atoms with van der Waals surface area (Å²) in [6.45, 7) is 1.52. The molecule has 11 heteroatoms. The number of hydrogen-bond acceptors (Lipinski definition) is 3. The van der Waals surface area contributed by atoms with Crippen LogP contribution in [0.2, 0.25) is 10.0 Å². The zero-order chi connectivity index (χ0) is 25.3. The van der Waals surface area contributed by atoms with Crippen LogP contribution in [0.5, 0.6) is 0 Å². The number of Topliss-reactive ketones (excluding diaryl/α,β-unsaturated/α-hetero) is 1. The normalized spacial score (nSPS) is 19.0. The van der Waals surface area contributed by atoms with Crippen molar-refractivity contribution in [2.45, 2.75) is 48.8 Å². The van der Waals surface area contributed by atoms with Gasteiger partial charge in [0.25, 0.3) is 0 Å². The number of hydrogen-bond donors (Lipinski definition) is 0. The van der Waals surface area contributed by atoms with Gasteiger partial charge in [-0.3, -0.25) is 4.79 Å². The largest absolute Gasteiger partial charge is 0.400 e. The van der Waals surface area contributed by atoms with Gasteiger partial charge in [0.2, 0.25) is 0 Å². The Balaban J connectivity index is 1.74. The second-order valence-corrected chi connectivity index (χ2v) is 10.2. The van der Waals surface area contributed by atoms with Crippen molar-refractivity contribution in [3.05, 3.63) is 57.6 Å². The van der Waals surface area contributed by atoms with Crippen molar-refractivity contribution in [3.63, 3.8) is 0 Å². The van der Waals surface area contributed by atoms with Gasteiger partial charge in [-0.25, -0.2) is 0 Å². The van der Waals surface area contributed by atoms with Crippen LogP contribution in [0.3, 0.4) is 0 Å². The molecular weight excluding hydrogens is 523 g/mol. The summed E-state index contributed by atoms with van der Waals surface area (Å²) < 4.78 is 79.7. The van der Waals surface area contributed by atoms with E-state index < -0.39 is 36.4 Å². The molecule has 0 aromatic heterocycles. The van der Waals surface area contributed by atoms with Crippen LogP contribution in [0.15, 0.2) is 41.3 Å². The van der Waals surface area contributed by atoms with Gasteiger partial charge < -0.3 is 4.90 Å². The summed E-state index contributed by atoms with van der Waals surface area (Å²) in [5.41, 5.74) is -0.850. The fourth-order valence-electron chi connectivity index (χ4n) is 3.99. The first kappa shape index (κ1) is 27.0.